The number of hydrogen-bond acceptors (Lipinski definition) is 3. The molecule has 1 heterocycles. The van der Waals surface area contributed by atoms with Crippen molar-refractivity contribution < 1.29 is 9.59 Å². The quantitative estimate of drug-likeness (QED) is 0.731. The molecule has 23 heavy (non-hydrogen) atoms. The lowest BCUT2D eigenvalue weighted by Crippen LogP contribution is -2.25. The second-order valence-corrected chi connectivity index (χ2v) is 5.93. The Morgan fingerprint density at radius 3 is 2.83 bits per heavy atom. The molecule has 7 heteroatoms. The number of benzene rings is 1. The van der Waals surface area contributed by atoms with Gasteiger partial charge < -0.3 is 16.0 Å². The number of rotatable bonds is 6. The largest absolute Gasteiger partial charge is 0.352 e. The zero-order valence-corrected chi connectivity index (χ0v) is 14.7. The molecule has 0 radical (unpaired) electrons. The number of carbonyl (C=O) groups is 2. The van der Waals surface area contributed by atoms with Crippen LogP contribution in [0.15, 0.2) is 18.2 Å². The molecule has 0 saturated carbocycles. The van der Waals surface area contributed by atoms with Gasteiger partial charge in [-0.25, -0.2) is 0 Å². The summed E-state index contributed by atoms with van der Waals surface area (Å²) in [4.78, 5) is 24.1. The van der Waals surface area contributed by atoms with Crippen molar-refractivity contribution >= 4 is 41.5 Å². The Hall–Kier alpha value is -1.30. The van der Waals surface area contributed by atoms with Crippen LogP contribution in [-0.2, 0) is 4.79 Å². The monoisotopic (exact) mass is 359 g/mol. The van der Waals surface area contributed by atoms with Crippen LogP contribution < -0.4 is 16.0 Å². The summed E-state index contributed by atoms with van der Waals surface area (Å²) in [5, 5.41) is 9.32. The van der Waals surface area contributed by atoms with E-state index in [-0.39, 0.29) is 24.2 Å². The molecule has 1 aromatic carbocycles. The molecular weight excluding hydrogens is 337 g/mol. The van der Waals surface area contributed by atoms with Gasteiger partial charge in [0.05, 0.1) is 11.3 Å². The summed E-state index contributed by atoms with van der Waals surface area (Å²) in [6.45, 7) is 4.39. The summed E-state index contributed by atoms with van der Waals surface area (Å²) in [6.07, 6.45) is 2.43. The van der Waals surface area contributed by atoms with Crippen LogP contribution in [0.2, 0.25) is 5.02 Å². The van der Waals surface area contributed by atoms with Crippen molar-refractivity contribution in [3.8, 4) is 0 Å². The number of halogens is 2. The fourth-order valence-electron chi connectivity index (χ4n) is 2.58. The van der Waals surface area contributed by atoms with E-state index in [1.807, 2.05) is 6.92 Å². The highest BCUT2D eigenvalue weighted by Gasteiger charge is 2.17. The lowest BCUT2D eigenvalue weighted by atomic mass is 10.0. The summed E-state index contributed by atoms with van der Waals surface area (Å²) in [6, 6.07) is 4.89. The van der Waals surface area contributed by atoms with Crippen molar-refractivity contribution in [2.45, 2.75) is 26.2 Å². The van der Waals surface area contributed by atoms with Gasteiger partial charge in [-0.1, -0.05) is 11.6 Å². The first kappa shape index (κ1) is 19.7. The minimum atomic E-state index is -0.213. The highest BCUT2D eigenvalue weighted by atomic mass is 35.5. The third kappa shape index (κ3) is 6.01. The molecule has 0 aromatic heterocycles. The molecule has 1 fully saturated rings. The van der Waals surface area contributed by atoms with Gasteiger partial charge in [0.15, 0.2) is 0 Å². The first-order valence-corrected chi connectivity index (χ1v) is 8.06. The van der Waals surface area contributed by atoms with Crippen LogP contribution >= 0.6 is 24.0 Å². The zero-order valence-electron chi connectivity index (χ0n) is 13.2. The average Bonchev–Trinajstić information content (AvgIpc) is 2.99. The van der Waals surface area contributed by atoms with Crippen LogP contribution in [0.25, 0.3) is 0 Å². The molecular formula is C16H23Cl2N3O2. The molecule has 0 bridgehead atoms. The summed E-state index contributed by atoms with van der Waals surface area (Å²) in [5.74, 6) is 0.266. The number of nitrogens with one attached hydrogen (secondary N) is 3. The molecule has 3 N–H and O–H groups in total. The fourth-order valence-corrected chi connectivity index (χ4v) is 2.75. The molecule has 1 aliphatic heterocycles. The van der Waals surface area contributed by atoms with E-state index in [2.05, 4.69) is 16.0 Å². The molecule has 128 valence electrons. The lowest BCUT2D eigenvalue weighted by molar-refractivity contribution is -0.116. The maximum Gasteiger partial charge on any atom is 0.253 e. The predicted octanol–water partition coefficient (Wildman–Crippen LogP) is 2.84. The number of amides is 2. The van der Waals surface area contributed by atoms with E-state index in [4.69, 9.17) is 11.6 Å². The van der Waals surface area contributed by atoms with Crippen molar-refractivity contribution in [1.82, 2.24) is 10.6 Å². The Bertz CT molecular complexity index is 546. The second kappa shape index (κ2) is 9.75. The molecule has 1 aliphatic rings. The van der Waals surface area contributed by atoms with E-state index in [9.17, 15) is 9.59 Å². The maximum atomic E-state index is 12.1. The van der Waals surface area contributed by atoms with Gasteiger partial charge >= 0.3 is 0 Å². The van der Waals surface area contributed by atoms with Gasteiger partial charge in [0.2, 0.25) is 5.91 Å². The number of carbonyl (C=O) groups excluding carboxylic acids is 2. The molecule has 0 spiro atoms. The maximum absolute atomic E-state index is 12.1. The lowest BCUT2D eigenvalue weighted by Gasteiger charge is -2.12. The van der Waals surface area contributed by atoms with E-state index in [1.165, 1.54) is 0 Å². The molecule has 1 unspecified atom stereocenters. The molecule has 5 nitrogen and oxygen atoms in total. The summed E-state index contributed by atoms with van der Waals surface area (Å²) in [5.41, 5.74) is 0.898. The first-order valence-electron chi connectivity index (χ1n) is 7.68. The summed E-state index contributed by atoms with van der Waals surface area (Å²) >= 11 is 5.97. The van der Waals surface area contributed by atoms with Crippen LogP contribution in [0.1, 0.15) is 36.5 Å². The van der Waals surface area contributed by atoms with Crippen LogP contribution in [0.4, 0.5) is 5.69 Å². The SMILES string of the molecule is CCNC(=O)c1ccc(Cl)cc1NC(=O)CCC1CCNC1.Cl. The van der Waals surface area contributed by atoms with Crippen LogP contribution in [0.5, 0.6) is 0 Å². The van der Waals surface area contributed by atoms with Gasteiger partial charge in [-0.3, -0.25) is 9.59 Å². The normalized spacial score (nSPS) is 16.5. The van der Waals surface area contributed by atoms with Crippen LogP contribution in [-0.4, -0.2) is 31.4 Å². The molecule has 2 rings (SSSR count). The smallest absolute Gasteiger partial charge is 0.253 e. The topological polar surface area (TPSA) is 70.2 Å². The zero-order chi connectivity index (χ0) is 15.9. The summed E-state index contributed by atoms with van der Waals surface area (Å²) < 4.78 is 0. The van der Waals surface area contributed by atoms with Crippen molar-refractivity contribution in [2.24, 2.45) is 5.92 Å². The molecule has 1 atom stereocenters. The van der Waals surface area contributed by atoms with Crippen molar-refractivity contribution in [2.75, 3.05) is 25.0 Å². The van der Waals surface area contributed by atoms with Gasteiger partial charge in [-0.2, -0.15) is 0 Å². The molecule has 1 saturated heterocycles. The van der Waals surface area contributed by atoms with E-state index >= 15 is 0 Å². The third-order valence-electron chi connectivity index (χ3n) is 3.78. The third-order valence-corrected chi connectivity index (χ3v) is 4.01. The van der Waals surface area contributed by atoms with E-state index < -0.39 is 0 Å². The van der Waals surface area contributed by atoms with E-state index in [0.717, 1.165) is 25.9 Å². The van der Waals surface area contributed by atoms with Crippen molar-refractivity contribution in [3.63, 3.8) is 0 Å². The molecule has 1 aromatic rings. The highest BCUT2D eigenvalue weighted by Crippen LogP contribution is 2.22. The molecule has 0 aliphatic carbocycles. The van der Waals surface area contributed by atoms with Gasteiger partial charge in [-0.15, -0.1) is 12.4 Å². The Labute approximate surface area is 148 Å². The first-order chi connectivity index (χ1) is 10.6. The molecule has 2 amide bonds. The van der Waals surface area contributed by atoms with Crippen LogP contribution in [0.3, 0.4) is 0 Å². The minimum absolute atomic E-state index is 0. The van der Waals surface area contributed by atoms with E-state index in [1.54, 1.807) is 18.2 Å². The van der Waals surface area contributed by atoms with Crippen molar-refractivity contribution in [3.05, 3.63) is 28.8 Å². The predicted molar refractivity (Wildman–Crippen MR) is 95.5 cm³/mol. The van der Waals surface area contributed by atoms with Crippen molar-refractivity contribution in [1.29, 1.82) is 0 Å². The highest BCUT2D eigenvalue weighted by molar-refractivity contribution is 6.31. The fraction of sp³-hybridized carbons (Fsp3) is 0.500. The summed E-state index contributed by atoms with van der Waals surface area (Å²) in [7, 11) is 0. The van der Waals surface area contributed by atoms with Gasteiger partial charge in [0, 0.05) is 18.0 Å². The van der Waals surface area contributed by atoms with Gasteiger partial charge in [-0.05, 0) is 57.0 Å². The Morgan fingerprint density at radius 1 is 1.39 bits per heavy atom. The Kier molecular flexibility index (Phi) is 8.37. The average molecular weight is 360 g/mol. The van der Waals surface area contributed by atoms with E-state index in [0.29, 0.717) is 35.2 Å². The van der Waals surface area contributed by atoms with Gasteiger partial charge in [0.1, 0.15) is 0 Å². The Balaban J connectivity index is 0.00000264. The van der Waals surface area contributed by atoms with Gasteiger partial charge in [0.25, 0.3) is 5.91 Å². The second-order valence-electron chi connectivity index (χ2n) is 5.50. The number of hydrogen-bond donors (Lipinski definition) is 3. The van der Waals surface area contributed by atoms with Crippen LogP contribution in [0, 0.1) is 5.92 Å². The number of anilines is 1. The standard InChI is InChI=1S/C16H22ClN3O2.ClH/c1-2-19-16(22)13-5-4-12(17)9-14(13)20-15(21)6-3-11-7-8-18-10-11;/h4-5,9,11,18H,2-3,6-8,10H2,1H3,(H,19,22)(H,20,21);1H. The Morgan fingerprint density at radius 2 is 2.17 bits per heavy atom. The minimum Gasteiger partial charge on any atom is -0.352 e.